The third-order valence-electron chi connectivity index (χ3n) is 4.95. The average Bonchev–Trinajstić information content (AvgIpc) is 2.94. The van der Waals surface area contributed by atoms with Crippen LogP contribution in [-0.2, 0) is 19.4 Å². The van der Waals surface area contributed by atoms with Gasteiger partial charge in [-0.15, -0.1) is 11.3 Å². The lowest BCUT2D eigenvalue weighted by atomic mass is 9.87. The van der Waals surface area contributed by atoms with E-state index in [0.29, 0.717) is 6.42 Å². The van der Waals surface area contributed by atoms with Crippen molar-refractivity contribution in [1.29, 1.82) is 0 Å². The molecular weight excluding hydrogens is 283 g/mol. The van der Waals surface area contributed by atoms with Gasteiger partial charge in [0.1, 0.15) is 0 Å². The SMILES string of the molecule is FCCCc1nc2c(s1)CCN(CCC1CCCCC1)C2. The second-order valence-electron chi connectivity index (χ2n) is 6.59. The van der Waals surface area contributed by atoms with Gasteiger partial charge >= 0.3 is 0 Å². The molecule has 4 heteroatoms. The molecular formula is C17H27FN2S. The van der Waals surface area contributed by atoms with Crippen LogP contribution >= 0.6 is 11.3 Å². The summed E-state index contributed by atoms with van der Waals surface area (Å²) in [7, 11) is 0. The Morgan fingerprint density at radius 1 is 1.24 bits per heavy atom. The topological polar surface area (TPSA) is 16.1 Å². The lowest BCUT2D eigenvalue weighted by Gasteiger charge is -2.29. The van der Waals surface area contributed by atoms with Crippen molar-refractivity contribution in [1.82, 2.24) is 9.88 Å². The fourth-order valence-corrected chi connectivity index (χ4v) is 4.77. The van der Waals surface area contributed by atoms with Crippen LogP contribution in [0.2, 0.25) is 0 Å². The average molecular weight is 310 g/mol. The Balaban J connectivity index is 1.48. The van der Waals surface area contributed by atoms with E-state index in [2.05, 4.69) is 4.90 Å². The zero-order valence-electron chi connectivity index (χ0n) is 13.0. The summed E-state index contributed by atoms with van der Waals surface area (Å²) in [4.78, 5) is 8.78. The lowest BCUT2D eigenvalue weighted by molar-refractivity contribution is 0.216. The van der Waals surface area contributed by atoms with Gasteiger partial charge in [-0.3, -0.25) is 9.29 Å². The normalized spacial score (nSPS) is 20.6. The van der Waals surface area contributed by atoms with Gasteiger partial charge < -0.3 is 0 Å². The molecule has 1 aliphatic carbocycles. The number of rotatable bonds is 6. The van der Waals surface area contributed by atoms with E-state index in [0.717, 1.165) is 30.3 Å². The van der Waals surface area contributed by atoms with Crippen LogP contribution in [0.1, 0.15) is 60.5 Å². The van der Waals surface area contributed by atoms with Gasteiger partial charge in [0.05, 0.1) is 17.4 Å². The first-order valence-corrected chi connectivity index (χ1v) is 9.42. The predicted molar refractivity (Wildman–Crippen MR) is 86.6 cm³/mol. The number of thiazole rings is 1. The molecule has 2 nitrogen and oxygen atoms in total. The molecule has 0 atom stereocenters. The summed E-state index contributed by atoms with van der Waals surface area (Å²) >= 11 is 1.82. The molecule has 0 N–H and O–H groups in total. The number of halogens is 1. The van der Waals surface area contributed by atoms with Crippen LogP contribution in [0.15, 0.2) is 0 Å². The molecule has 2 aliphatic rings. The molecule has 1 aliphatic heterocycles. The Labute approximate surface area is 131 Å². The Bertz CT molecular complexity index is 440. The Kier molecular flexibility index (Phi) is 5.64. The summed E-state index contributed by atoms with van der Waals surface area (Å²) in [5.74, 6) is 0.968. The molecule has 118 valence electrons. The van der Waals surface area contributed by atoms with Gasteiger partial charge in [-0.05, 0) is 31.7 Å². The van der Waals surface area contributed by atoms with Crippen molar-refractivity contribution in [3.05, 3.63) is 15.6 Å². The third-order valence-corrected chi connectivity index (χ3v) is 6.17. The highest BCUT2D eigenvalue weighted by atomic mass is 32.1. The summed E-state index contributed by atoms with van der Waals surface area (Å²) < 4.78 is 12.3. The van der Waals surface area contributed by atoms with Crippen LogP contribution in [0, 0.1) is 5.92 Å². The van der Waals surface area contributed by atoms with Gasteiger partial charge in [0, 0.05) is 24.4 Å². The van der Waals surface area contributed by atoms with Crippen molar-refractivity contribution in [3.63, 3.8) is 0 Å². The summed E-state index contributed by atoms with van der Waals surface area (Å²) in [5.41, 5.74) is 1.28. The van der Waals surface area contributed by atoms with E-state index in [1.165, 1.54) is 62.2 Å². The van der Waals surface area contributed by atoms with Crippen LogP contribution in [-0.4, -0.2) is 29.6 Å². The van der Waals surface area contributed by atoms with E-state index >= 15 is 0 Å². The Morgan fingerprint density at radius 2 is 2.10 bits per heavy atom. The second-order valence-corrected chi connectivity index (χ2v) is 7.76. The minimum absolute atomic E-state index is 0.224. The van der Waals surface area contributed by atoms with Crippen molar-refractivity contribution in [3.8, 4) is 0 Å². The monoisotopic (exact) mass is 310 g/mol. The molecule has 1 fully saturated rings. The number of fused-ring (bicyclic) bond motifs is 1. The molecule has 3 rings (SSSR count). The first kappa shape index (κ1) is 15.4. The van der Waals surface area contributed by atoms with E-state index < -0.39 is 0 Å². The lowest BCUT2D eigenvalue weighted by Crippen LogP contribution is -2.32. The molecule has 0 bridgehead atoms. The number of aromatic nitrogens is 1. The first-order chi connectivity index (χ1) is 10.3. The maximum Gasteiger partial charge on any atom is 0.0932 e. The van der Waals surface area contributed by atoms with Crippen molar-refractivity contribution in [2.75, 3.05) is 19.8 Å². The maximum atomic E-state index is 12.3. The number of nitrogens with zero attached hydrogens (tertiary/aromatic N) is 2. The van der Waals surface area contributed by atoms with Crippen LogP contribution in [0.4, 0.5) is 4.39 Å². The molecule has 0 radical (unpaired) electrons. The highest BCUT2D eigenvalue weighted by Gasteiger charge is 2.21. The first-order valence-electron chi connectivity index (χ1n) is 8.61. The smallest absolute Gasteiger partial charge is 0.0932 e. The standard InChI is InChI=1S/C17H27FN2S/c18-10-4-7-17-19-15-13-20(12-9-16(15)21-17)11-8-14-5-2-1-3-6-14/h14H,1-13H2. The molecule has 1 aromatic rings. The van der Waals surface area contributed by atoms with Crippen molar-refractivity contribution >= 4 is 11.3 Å². The molecule has 21 heavy (non-hydrogen) atoms. The fraction of sp³-hybridized carbons (Fsp3) is 0.824. The second kappa shape index (κ2) is 7.68. The van der Waals surface area contributed by atoms with Gasteiger partial charge in [-0.25, -0.2) is 4.98 Å². The van der Waals surface area contributed by atoms with Gasteiger partial charge in [0.25, 0.3) is 0 Å². The predicted octanol–water partition coefficient (Wildman–Crippen LogP) is 4.37. The summed E-state index contributed by atoms with van der Waals surface area (Å²) in [6, 6.07) is 0. The number of hydrogen-bond acceptors (Lipinski definition) is 3. The van der Waals surface area contributed by atoms with Crippen LogP contribution < -0.4 is 0 Å². The van der Waals surface area contributed by atoms with Gasteiger partial charge in [0.15, 0.2) is 0 Å². The van der Waals surface area contributed by atoms with E-state index in [-0.39, 0.29) is 6.67 Å². The van der Waals surface area contributed by atoms with Gasteiger partial charge in [-0.1, -0.05) is 32.1 Å². The minimum Gasteiger partial charge on any atom is -0.297 e. The molecule has 1 saturated carbocycles. The highest BCUT2D eigenvalue weighted by molar-refractivity contribution is 7.11. The molecule has 0 spiro atoms. The largest absolute Gasteiger partial charge is 0.297 e. The minimum atomic E-state index is -0.224. The number of aryl methyl sites for hydroxylation is 1. The van der Waals surface area contributed by atoms with E-state index in [1.807, 2.05) is 11.3 Å². The third kappa shape index (κ3) is 4.26. The van der Waals surface area contributed by atoms with Crippen LogP contribution in [0.5, 0.6) is 0 Å². The van der Waals surface area contributed by atoms with Crippen LogP contribution in [0.25, 0.3) is 0 Å². The quantitative estimate of drug-likeness (QED) is 0.775. The Hall–Kier alpha value is -0.480. The fourth-order valence-electron chi connectivity index (χ4n) is 3.66. The molecule has 0 amide bonds. The number of alkyl halides is 1. The molecule has 0 unspecified atom stereocenters. The molecule has 1 aromatic heterocycles. The van der Waals surface area contributed by atoms with Crippen molar-refractivity contribution < 1.29 is 4.39 Å². The summed E-state index contributed by atoms with van der Waals surface area (Å²) in [6.07, 6.45) is 11.2. The van der Waals surface area contributed by atoms with E-state index in [1.54, 1.807) is 0 Å². The van der Waals surface area contributed by atoms with Crippen LogP contribution in [0.3, 0.4) is 0 Å². The molecule has 0 saturated heterocycles. The molecule has 2 heterocycles. The highest BCUT2D eigenvalue weighted by Crippen LogP contribution is 2.29. The zero-order valence-corrected chi connectivity index (χ0v) is 13.8. The van der Waals surface area contributed by atoms with Gasteiger partial charge in [0.2, 0.25) is 0 Å². The summed E-state index contributed by atoms with van der Waals surface area (Å²) in [6.45, 7) is 3.22. The maximum absolute atomic E-state index is 12.3. The van der Waals surface area contributed by atoms with E-state index in [9.17, 15) is 4.39 Å². The summed E-state index contributed by atoms with van der Waals surface area (Å²) in [5, 5.41) is 1.15. The van der Waals surface area contributed by atoms with Crippen molar-refractivity contribution in [2.45, 2.75) is 64.3 Å². The van der Waals surface area contributed by atoms with Gasteiger partial charge in [-0.2, -0.15) is 0 Å². The Morgan fingerprint density at radius 3 is 2.90 bits per heavy atom. The van der Waals surface area contributed by atoms with Crippen molar-refractivity contribution in [2.24, 2.45) is 5.92 Å². The number of hydrogen-bond donors (Lipinski definition) is 0. The molecule has 0 aromatic carbocycles. The zero-order chi connectivity index (χ0) is 14.5. The van der Waals surface area contributed by atoms with E-state index in [4.69, 9.17) is 4.98 Å².